The summed E-state index contributed by atoms with van der Waals surface area (Å²) in [4.78, 5) is 0. The Morgan fingerprint density at radius 2 is 0.800 bits per heavy atom. The molecule has 0 aromatic heterocycles. The molecule has 5 heteroatoms. The second kappa shape index (κ2) is 25.4. The van der Waals surface area contributed by atoms with Crippen molar-refractivity contribution in [1.29, 1.82) is 0 Å². The molecule has 0 atom stereocenters. The fourth-order valence-corrected chi connectivity index (χ4v) is 3.42. The first-order valence-corrected chi connectivity index (χ1v) is 11.6. The molecule has 0 unspecified atom stereocenters. The zero-order valence-corrected chi connectivity index (χ0v) is 21.0. The van der Waals surface area contributed by atoms with Crippen LogP contribution in [0.3, 0.4) is 0 Å². The molecule has 0 N–H and O–H groups in total. The van der Waals surface area contributed by atoms with Crippen LogP contribution in [0.2, 0.25) is 0 Å². The Kier molecular flexibility index (Phi) is 29.0. The van der Waals surface area contributed by atoms with Crippen LogP contribution >= 0.6 is 8.25 Å². The van der Waals surface area contributed by atoms with Crippen LogP contribution < -0.4 is 0 Å². The fraction of sp³-hybridized carbons (Fsp3) is 1.00. The molecule has 0 heterocycles. The first-order valence-electron chi connectivity index (χ1n) is 10.5. The van der Waals surface area contributed by atoms with Crippen molar-refractivity contribution >= 4 is 8.25 Å². The topological polar surface area (TPSA) is 35.5 Å². The van der Waals surface area contributed by atoms with Crippen molar-refractivity contribution in [3.8, 4) is 0 Å². The Bertz CT molecular complexity index is 241. The first-order chi connectivity index (χ1) is 11.8. The zero-order valence-electron chi connectivity index (χ0n) is 16.9. The minimum atomic E-state index is -1.90. The predicted octanol–water partition coefficient (Wildman–Crippen LogP) is 7.96. The second-order valence-corrected chi connectivity index (χ2v) is 7.80. The van der Waals surface area contributed by atoms with Crippen molar-refractivity contribution in [2.24, 2.45) is 0 Å². The molecule has 0 aliphatic heterocycles. The molecule has 0 rings (SSSR count). The zero-order chi connectivity index (χ0) is 17.7. The Hall–Kier alpha value is 1.37. The van der Waals surface area contributed by atoms with Crippen LogP contribution in [0, 0.1) is 40.8 Å². The van der Waals surface area contributed by atoms with Gasteiger partial charge in [-0.05, 0) is 12.8 Å². The molecule has 0 saturated heterocycles. The van der Waals surface area contributed by atoms with Crippen LogP contribution in [-0.4, -0.2) is 13.2 Å². The van der Waals surface area contributed by atoms with Crippen LogP contribution in [0.25, 0.3) is 0 Å². The van der Waals surface area contributed by atoms with E-state index in [0.717, 1.165) is 12.8 Å². The Balaban J connectivity index is 0. The molecule has 0 aliphatic carbocycles. The molecule has 0 amide bonds. The van der Waals surface area contributed by atoms with Crippen LogP contribution in [0.4, 0.5) is 0 Å². The summed E-state index contributed by atoms with van der Waals surface area (Å²) in [5.41, 5.74) is 0. The summed E-state index contributed by atoms with van der Waals surface area (Å²) >= 11 is 0. The maximum Gasteiger partial charge on any atom is 0.697 e. The average molecular weight is 506 g/mol. The van der Waals surface area contributed by atoms with E-state index in [2.05, 4.69) is 13.8 Å². The molecular weight excluding hydrogens is 463 g/mol. The normalized spacial score (nSPS) is 10.6. The van der Waals surface area contributed by atoms with Gasteiger partial charge >= 0.3 is 8.25 Å². The molecule has 0 aromatic carbocycles. The largest absolute Gasteiger partial charge is 0.697 e. The van der Waals surface area contributed by atoms with E-state index < -0.39 is 8.25 Å². The summed E-state index contributed by atoms with van der Waals surface area (Å²) in [5, 5.41) is 0. The molecule has 148 valence electrons. The SMILES string of the molecule is CCCCCCCCCCO[P+](=O)OCCCCCCCCCC.[Nd]. The summed E-state index contributed by atoms with van der Waals surface area (Å²) in [5.74, 6) is 0. The van der Waals surface area contributed by atoms with Crippen molar-refractivity contribution < 1.29 is 54.5 Å². The summed E-state index contributed by atoms with van der Waals surface area (Å²) in [6.45, 7) is 5.63. The van der Waals surface area contributed by atoms with Crippen molar-refractivity contribution in [3.63, 3.8) is 0 Å². The maximum atomic E-state index is 11.6. The minimum Gasteiger partial charge on any atom is -0.119 e. The maximum absolute atomic E-state index is 11.6. The third-order valence-corrected chi connectivity index (χ3v) is 5.18. The van der Waals surface area contributed by atoms with Gasteiger partial charge in [0.25, 0.3) is 0 Å². The van der Waals surface area contributed by atoms with Gasteiger partial charge in [0, 0.05) is 45.4 Å². The molecule has 0 saturated carbocycles. The third-order valence-electron chi connectivity index (χ3n) is 4.39. The fourth-order valence-electron chi connectivity index (χ4n) is 2.79. The van der Waals surface area contributed by atoms with Crippen LogP contribution in [0.1, 0.15) is 117 Å². The third kappa shape index (κ3) is 25.4. The van der Waals surface area contributed by atoms with Gasteiger partial charge in [0.1, 0.15) is 13.2 Å². The summed E-state index contributed by atoms with van der Waals surface area (Å²) in [7, 11) is -1.90. The van der Waals surface area contributed by atoms with Gasteiger partial charge in [-0.15, -0.1) is 9.05 Å². The quantitative estimate of drug-likeness (QED) is 0.124. The van der Waals surface area contributed by atoms with E-state index in [4.69, 9.17) is 9.05 Å². The Labute approximate surface area is 191 Å². The van der Waals surface area contributed by atoms with E-state index in [-0.39, 0.29) is 40.8 Å². The predicted molar refractivity (Wildman–Crippen MR) is 105 cm³/mol. The summed E-state index contributed by atoms with van der Waals surface area (Å²) in [6, 6.07) is 0. The molecule has 25 heavy (non-hydrogen) atoms. The molecule has 0 fully saturated rings. The molecule has 0 bridgehead atoms. The van der Waals surface area contributed by atoms with Gasteiger partial charge in [0.05, 0.1) is 0 Å². The van der Waals surface area contributed by atoms with E-state index >= 15 is 0 Å². The van der Waals surface area contributed by atoms with Gasteiger partial charge in [-0.2, -0.15) is 0 Å². The van der Waals surface area contributed by atoms with Crippen LogP contribution in [0.5, 0.6) is 0 Å². The molecule has 0 aromatic rings. The van der Waals surface area contributed by atoms with E-state index in [1.165, 1.54) is 89.9 Å². The first kappa shape index (κ1) is 28.6. The van der Waals surface area contributed by atoms with Crippen LogP contribution in [-0.2, 0) is 13.6 Å². The van der Waals surface area contributed by atoms with Gasteiger partial charge < -0.3 is 0 Å². The molecule has 3 nitrogen and oxygen atoms in total. The van der Waals surface area contributed by atoms with Gasteiger partial charge in [-0.3, -0.25) is 0 Å². The smallest absolute Gasteiger partial charge is 0.119 e. The van der Waals surface area contributed by atoms with Crippen molar-refractivity contribution in [2.75, 3.05) is 13.2 Å². The van der Waals surface area contributed by atoms with Gasteiger partial charge in [-0.25, -0.2) is 0 Å². The van der Waals surface area contributed by atoms with Crippen molar-refractivity contribution in [2.45, 2.75) is 117 Å². The number of hydrogen-bond donors (Lipinski definition) is 0. The average Bonchev–Trinajstić information content (AvgIpc) is 2.59. The monoisotopic (exact) mass is 503 g/mol. The molecule has 0 aliphatic rings. The van der Waals surface area contributed by atoms with Crippen molar-refractivity contribution in [1.82, 2.24) is 0 Å². The van der Waals surface area contributed by atoms with E-state index in [9.17, 15) is 4.57 Å². The Morgan fingerprint density at radius 3 is 1.12 bits per heavy atom. The van der Waals surface area contributed by atoms with E-state index in [1.807, 2.05) is 0 Å². The van der Waals surface area contributed by atoms with Gasteiger partial charge in [0.15, 0.2) is 0 Å². The number of unbranched alkanes of at least 4 members (excludes halogenated alkanes) is 14. The van der Waals surface area contributed by atoms with Gasteiger partial charge in [-0.1, -0.05) is 104 Å². The molecular formula is C20H42NdO3P+. The number of rotatable bonds is 20. The van der Waals surface area contributed by atoms with E-state index in [0.29, 0.717) is 13.2 Å². The van der Waals surface area contributed by atoms with Gasteiger partial charge in [0.2, 0.25) is 0 Å². The molecule has 0 spiro atoms. The second-order valence-electron chi connectivity index (χ2n) is 6.84. The summed E-state index contributed by atoms with van der Waals surface area (Å²) < 4.78 is 22.1. The summed E-state index contributed by atoms with van der Waals surface area (Å²) in [6.07, 6.45) is 20.3. The van der Waals surface area contributed by atoms with E-state index in [1.54, 1.807) is 0 Å². The standard InChI is InChI=1S/C20H42O3P.Nd/c1-3-5-7-9-11-13-15-17-19-22-24(21)23-20-18-16-14-12-10-8-6-4-2;/h3-20H2,1-2H3;/q+1;. The van der Waals surface area contributed by atoms with Crippen molar-refractivity contribution in [3.05, 3.63) is 0 Å². The Morgan fingerprint density at radius 1 is 0.520 bits per heavy atom. The molecule has 0 radical (unpaired) electrons. The van der Waals surface area contributed by atoms with Crippen LogP contribution in [0.15, 0.2) is 0 Å². The minimum absolute atomic E-state index is 0. The number of hydrogen-bond acceptors (Lipinski definition) is 3.